The van der Waals surface area contributed by atoms with Crippen molar-refractivity contribution in [2.75, 3.05) is 24.6 Å². The Labute approximate surface area is 225 Å². The van der Waals surface area contributed by atoms with E-state index in [1.165, 1.54) is 5.56 Å². The number of hydrogen-bond acceptors (Lipinski definition) is 6. The molecule has 0 unspecified atom stereocenters. The van der Waals surface area contributed by atoms with Gasteiger partial charge in [0.05, 0.1) is 18.3 Å². The Morgan fingerprint density at radius 1 is 1.03 bits per heavy atom. The van der Waals surface area contributed by atoms with Crippen LogP contribution in [0.4, 0.5) is 5.95 Å². The monoisotopic (exact) mass is 533 g/mol. The van der Waals surface area contributed by atoms with E-state index in [0.29, 0.717) is 36.7 Å². The van der Waals surface area contributed by atoms with Gasteiger partial charge >= 0.3 is 0 Å². The lowest BCUT2D eigenvalue weighted by atomic mass is 10.2. The van der Waals surface area contributed by atoms with E-state index >= 15 is 0 Å². The molecule has 0 saturated carbocycles. The fourth-order valence-corrected chi connectivity index (χ4v) is 5.66. The first-order chi connectivity index (χ1) is 18.3. The van der Waals surface area contributed by atoms with Crippen molar-refractivity contribution >= 4 is 25.2 Å². The SMILES string of the molecule is CCCn1c(N2CCCC2)nc2nc(-c3cnn(Cc4ccccc4)c3)n(COCC[Si](C)(C)C)c2c1=O. The molecule has 0 atom stereocenters. The van der Waals surface area contributed by atoms with Gasteiger partial charge in [-0.25, -0.2) is 4.98 Å². The summed E-state index contributed by atoms with van der Waals surface area (Å²) in [5.74, 6) is 1.40. The summed E-state index contributed by atoms with van der Waals surface area (Å²) in [5, 5.41) is 4.59. The molecular weight excluding hydrogens is 494 g/mol. The normalized spacial score (nSPS) is 14.2. The summed E-state index contributed by atoms with van der Waals surface area (Å²) in [6, 6.07) is 11.3. The summed E-state index contributed by atoms with van der Waals surface area (Å²) in [5.41, 5.74) is 2.94. The highest BCUT2D eigenvalue weighted by Gasteiger charge is 2.25. The van der Waals surface area contributed by atoms with E-state index in [4.69, 9.17) is 14.7 Å². The Bertz CT molecular complexity index is 1430. The van der Waals surface area contributed by atoms with Gasteiger partial charge in [0, 0.05) is 40.5 Å². The minimum absolute atomic E-state index is 0.0528. The topological polar surface area (TPSA) is 83.0 Å². The smallest absolute Gasteiger partial charge is 0.281 e. The number of rotatable bonds is 11. The minimum atomic E-state index is -1.24. The molecule has 38 heavy (non-hydrogen) atoms. The predicted octanol–water partition coefficient (Wildman–Crippen LogP) is 4.83. The second-order valence-corrected chi connectivity index (χ2v) is 17.0. The molecule has 0 spiro atoms. The number of anilines is 1. The highest BCUT2D eigenvalue weighted by molar-refractivity contribution is 6.76. The van der Waals surface area contributed by atoms with E-state index in [9.17, 15) is 4.79 Å². The maximum absolute atomic E-state index is 14.0. The zero-order valence-corrected chi connectivity index (χ0v) is 24.1. The average Bonchev–Trinajstić information content (AvgIpc) is 3.64. The molecule has 3 aromatic heterocycles. The van der Waals surface area contributed by atoms with Crippen molar-refractivity contribution in [3.05, 3.63) is 58.6 Å². The highest BCUT2D eigenvalue weighted by atomic mass is 28.3. The summed E-state index contributed by atoms with van der Waals surface area (Å²) in [7, 11) is -1.24. The molecule has 5 rings (SSSR count). The summed E-state index contributed by atoms with van der Waals surface area (Å²) in [4.78, 5) is 26.1. The van der Waals surface area contributed by atoms with Gasteiger partial charge in [-0.05, 0) is 30.9 Å². The second-order valence-electron chi connectivity index (χ2n) is 11.4. The first kappa shape index (κ1) is 26.4. The molecule has 0 bridgehead atoms. The van der Waals surface area contributed by atoms with Gasteiger partial charge in [0.15, 0.2) is 11.2 Å². The molecule has 0 N–H and O–H groups in total. The van der Waals surface area contributed by atoms with Crippen LogP contribution in [0.25, 0.3) is 22.6 Å². The molecule has 0 radical (unpaired) electrons. The molecule has 10 heteroatoms. The maximum Gasteiger partial charge on any atom is 0.281 e. The minimum Gasteiger partial charge on any atom is -0.361 e. The van der Waals surface area contributed by atoms with Gasteiger partial charge in [-0.15, -0.1) is 0 Å². The van der Waals surface area contributed by atoms with Gasteiger partial charge < -0.3 is 9.64 Å². The summed E-state index contributed by atoms with van der Waals surface area (Å²) < 4.78 is 11.8. The predicted molar refractivity (Wildman–Crippen MR) is 154 cm³/mol. The molecule has 1 aliphatic heterocycles. The zero-order valence-electron chi connectivity index (χ0n) is 23.1. The molecule has 1 aromatic carbocycles. The van der Waals surface area contributed by atoms with Crippen LogP contribution in [-0.2, 0) is 24.6 Å². The van der Waals surface area contributed by atoms with Crippen molar-refractivity contribution in [1.29, 1.82) is 0 Å². The molecule has 202 valence electrons. The molecular formula is C28H39N7O2Si. The van der Waals surface area contributed by atoms with E-state index < -0.39 is 8.07 Å². The molecule has 1 fully saturated rings. The van der Waals surface area contributed by atoms with Crippen LogP contribution in [0, 0.1) is 0 Å². The first-order valence-electron chi connectivity index (χ1n) is 13.7. The number of nitrogens with zero attached hydrogens (tertiary/aromatic N) is 7. The highest BCUT2D eigenvalue weighted by Crippen LogP contribution is 2.26. The van der Waals surface area contributed by atoms with Crippen LogP contribution < -0.4 is 10.5 Å². The zero-order chi connectivity index (χ0) is 26.7. The fourth-order valence-electron chi connectivity index (χ4n) is 4.90. The van der Waals surface area contributed by atoms with Crippen LogP contribution in [0.2, 0.25) is 25.7 Å². The first-order valence-corrected chi connectivity index (χ1v) is 17.5. The molecule has 0 aliphatic carbocycles. The van der Waals surface area contributed by atoms with Crippen LogP contribution >= 0.6 is 0 Å². The van der Waals surface area contributed by atoms with Crippen molar-refractivity contribution in [3.8, 4) is 11.4 Å². The second kappa shape index (κ2) is 11.2. The fraction of sp³-hybridized carbons (Fsp3) is 0.500. The van der Waals surface area contributed by atoms with Crippen LogP contribution in [0.5, 0.6) is 0 Å². The van der Waals surface area contributed by atoms with Crippen molar-refractivity contribution in [2.45, 2.75) is 71.7 Å². The number of hydrogen-bond donors (Lipinski definition) is 0. The van der Waals surface area contributed by atoms with Crippen LogP contribution in [0.15, 0.2) is 47.5 Å². The number of fused-ring (bicyclic) bond motifs is 1. The van der Waals surface area contributed by atoms with E-state index in [0.717, 1.165) is 49.9 Å². The number of benzene rings is 1. The summed E-state index contributed by atoms with van der Waals surface area (Å²) in [6.07, 6.45) is 6.89. The molecule has 1 saturated heterocycles. The number of ether oxygens (including phenoxy) is 1. The van der Waals surface area contributed by atoms with Crippen molar-refractivity contribution in [2.24, 2.45) is 0 Å². The summed E-state index contributed by atoms with van der Waals surface area (Å²) >= 11 is 0. The lowest BCUT2D eigenvalue weighted by Crippen LogP contribution is -2.32. The molecule has 9 nitrogen and oxygen atoms in total. The third kappa shape index (κ3) is 5.76. The van der Waals surface area contributed by atoms with Gasteiger partial charge in [0.2, 0.25) is 5.95 Å². The van der Waals surface area contributed by atoms with Gasteiger partial charge in [-0.1, -0.05) is 56.9 Å². The van der Waals surface area contributed by atoms with E-state index in [-0.39, 0.29) is 12.3 Å². The number of imidazole rings is 1. The lowest BCUT2D eigenvalue weighted by Gasteiger charge is -2.21. The summed E-state index contributed by atoms with van der Waals surface area (Å²) in [6.45, 7) is 13.1. The van der Waals surface area contributed by atoms with Gasteiger partial charge in [-0.2, -0.15) is 10.1 Å². The van der Waals surface area contributed by atoms with E-state index in [1.807, 2.05) is 44.4 Å². The van der Waals surface area contributed by atoms with Crippen molar-refractivity contribution in [3.63, 3.8) is 0 Å². The van der Waals surface area contributed by atoms with E-state index in [1.54, 1.807) is 0 Å². The Morgan fingerprint density at radius 3 is 2.50 bits per heavy atom. The average molecular weight is 534 g/mol. The third-order valence-electron chi connectivity index (χ3n) is 6.98. The van der Waals surface area contributed by atoms with Gasteiger partial charge in [0.25, 0.3) is 5.56 Å². The third-order valence-corrected chi connectivity index (χ3v) is 8.68. The van der Waals surface area contributed by atoms with Crippen LogP contribution in [0.1, 0.15) is 31.7 Å². The standard InChI is InChI=1S/C28H39N7O2Si/c1-5-13-34-27(36)24-25(31-28(34)32-14-9-10-15-32)30-26(35(24)21-37-16-17-38(2,3)4)23-18-29-33(20-23)19-22-11-7-6-8-12-22/h6-8,11-12,18,20H,5,9-10,13-17,19,21H2,1-4H3. The quantitative estimate of drug-likeness (QED) is 0.203. The molecule has 0 amide bonds. The molecule has 4 heterocycles. The Hall–Kier alpha value is -3.24. The van der Waals surface area contributed by atoms with Gasteiger partial charge in [0.1, 0.15) is 12.6 Å². The van der Waals surface area contributed by atoms with E-state index in [2.05, 4.69) is 48.7 Å². The Balaban J connectivity index is 1.56. The van der Waals surface area contributed by atoms with Crippen LogP contribution in [-0.4, -0.2) is 56.7 Å². The van der Waals surface area contributed by atoms with Gasteiger partial charge in [-0.3, -0.25) is 18.6 Å². The van der Waals surface area contributed by atoms with Crippen molar-refractivity contribution < 1.29 is 4.74 Å². The van der Waals surface area contributed by atoms with Crippen LogP contribution in [0.3, 0.4) is 0 Å². The molecule has 1 aliphatic rings. The lowest BCUT2D eigenvalue weighted by molar-refractivity contribution is 0.0908. The maximum atomic E-state index is 14.0. The molecule has 4 aromatic rings. The number of aromatic nitrogens is 6. The van der Waals surface area contributed by atoms with Crippen molar-refractivity contribution in [1.82, 2.24) is 28.9 Å². The Morgan fingerprint density at radius 2 is 1.79 bits per heavy atom. The largest absolute Gasteiger partial charge is 0.361 e. The Kier molecular flexibility index (Phi) is 7.80.